The minimum absolute atomic E-state index is 0.0558. The molecule has 0 saturated heterocycles. The normalized spacial score (nSPS) is 11.7. The van der Waals surface area contributed by atoms with Crippen LogP contribution in [-0.2, 0) is 19.1 Å². The zero-order valence-corrected chi connectivity index (χ0v) is 14.7. The van der Waals surface area contributed by atoms with E-state index in [1.807, 2.05) is 5.43 Å². The molecule has 0 aromatic heterocycles. The number of halogens is 2. The molecule has 1 rings (SSSR count). The van der Waals surface area contributed by atoms with E-state index in [0.29, 0.717) is 5.02 Å². The van der Waals surface area contributed by atoms with Gasteiger partial charge in [0, 0.05) is 5.02 Å². The Hall–Kier alpha value is -2.65. The summed E-state index contributed by atoms with van der Waals surface area (Å²) in [5.41, 5.74) is 1.37. The third kappa shape index (κ3) is 6.05. The van der Waals surface area contributed by atoms with Crippen LogP contribution in [0.3, 0.4) is 0 Å². The molecule has 0 aliphatic rings. The molecular weight excluding hydrogens is 375 g/mol. The lowest BCUT2D eigenvalue weighted by atomic mass is 10.2. The molecule has 0 fully saturated rings. The van der Waals surface area contributed by atoms with Crippen molar-refractivity contribution >= 4 is 58.1 Å². The Kier molecular flexibility index (Phi) is 7.83. The van der Waals surface area contributed by atoms with Gasteiger partial charge in [-0.1, -0.05) is 28.4 Å². The number of oxime groups is 1. The van der Waals surface area contributed by atoms with E-state index in [4.69, 9.17) is 28.4 Å². The van der Waals surface area contributed by atoms with Crippen molar-refractivity contribution in [3.63, 3.8) is 0 Å². The van der Waals surface area contributed by atoms with Crippen LogP contribution in [0.15, 0.2) is 28.5 Å². The molecule has 0 bridgehead atoms. The molecule has 0 saturated carbocycles. The number of carbonyl (C=O) groups excluding carboxylic acids is 3. The molecule has 0 atom stereocenters. The molecular formula is C14H14Cl2N4O5. The van der Waals surface area contributed by atoms with Crippen LogP contribution < -0.4 is 10.7 Å². The van der Waals surface area contributed by atoms with Gasteiger partial charge in [-0.15, -0.1) is 0 Å². The SMILES string of the molecule is CCOC(=O)C(=N\O)/C(C)=N\NC(=O)C(=O)Nc1cc(Cl)ccc1Cl. The predicted octanol–water partition coefficient (Wildman–Crippen LogP) is 1.82. The average Bonchev–Trinajstić information content (AvgIpc) is 2.56. The number of carbonyl (C=O) groups is 3. The first-order valence-electron chi connectivity index (χ1n) is 6.80. The number of anilines is 1. The number of esters is 1. The van der Waals surface area contributed by atoms with Crippen molar-refractivity contribution in [2.24, 2.45) is 10.3 Å². The molecule has 25 heavy (non-hydrogen) atoms. The summed E-state index contributed by atoms with van der Waals surface area (Å²) in [6.07, 6.45) is 0. The number of rotatable bonds is 5. The van der Waals surface area contributed by atoms with E-state index in [2.05, 4.69) is 20.3 Å². The third-order valence-corrected chi connectivity index (χ3v) is 3.18. The van der Waals surface area contributed by atoms with Gasteiger partial charge in [-0.3, -0.25) is 9.59 Å². The van der Waals surface area contributed by atoms with E-state index in [1.54, 1.807) is 6.92 Å². The Labute approximate surface area is 152 Å². The van der Waals surface area contributed by atoms with Crippen molar-refractivity contribution in [2.75, 3.05) is 11.9 Å². The Morgan fingerprint density at radius 3 is 2.52 bits per heavy atom. The standard InChI is InChI=1S/C14H14Cl2N4O5/c1-3-25-14(23)11(20-24)7(2)18-19-13(22)12(21)17-10-6-8(15)4-5-9(10)16/h4-6,24H,3H2,1-2H3,(H,17,21)(H,19,22)/b18-7-,20-11-. The monoisotopic (exact) mass is 388 g/mol. The maximum absolute atomic E-state index is 11.8. The van der Waals surface area contributed by atoms with Gasteiger partial charge in [0.05, 0.1) is 23.0 Å². The van der Waals surface area contributed by atoms with Gasteiger partial charge < -0.3 is 15.3 Å². The number of ether oxygens (including phenoxy) is 1. The second kappa shape index (κ2) is 9.60. The summed E-state index contributed by atoms with van der Waals surface area (Å²) < 4.78 is 4.64. The number of hydrogen-bond donors (Lipinski definition) is 3. The number of amides is 2. The molecule has 0 heterocycles. The van der Waals surface area contributed by atoms with Gasteiger partial charge in [0.1, 0.15) is 0 Å². The van der Waals surface area contributed by atoms with Gasteiger partial charge in [0.25, 0.3) is 0 Å². The molecule has 11 heteroatoms. The van der Waals surface area contributed by atoms with Crippen LogP contribution in [0.2, 0.25) is 10.0 Å². The molecule has 0 aliphatic carbocycles. The van der Waals surface area contributed by atoms with Crippen molar-refractivity contribution in [1.29, 1.82) is 0 Å². The van der Waals surface area contributed by atoms with Crippen LogP contribution in [0, 0.1) is 0 Å². The van der Waals surface area contributed by atoms with Crippen LogP contribution in [0.25, 0.3) is 0 Å². The van der Waals surface area contributed by atoms with Gasteiger partial charge in [0.15, 0.2) is 0 Å². The lowest BCUT2D eigenvalue weighted by Gasteiger charge is -2.07. The maximum atomic E-state index is 11.8. The number of nitrogens with one attached hydrogen (secondary N) is 2. The van der Waals surface area contributed by atoms with Crippen LogP contribution >= 0.6 is 23.2 Å². The van der Waals surface area contributed by atoms with E-state index in [0.717, 1.165) is 0 Å². The second-order valence-corrected chi connectivity index (χ2v) is 5.23. The summed E-state index contributed by atoms with van der Waals surface area (Å²) in [7, 11) is 0. The fourth-order valence-electron chi connectivity index (χ4n) is 1.47. The van der Waals surface area contributed by atoms with E-state index in [-0.39, 0.29) is 23.0 Å². The fraction of sp³-hybridized carbons (Fsp3) is 0.214. The first-order valence-corrected chi connectivity index (χ1v) is 7.56. The van der Waals surface area contributed by atoms with Crippen molar-refractivity contribution in [3.8, 4) is 0 Å². The molecule has 0 aliphatic heterocycles. The lowest BCUT2D eigenvalue weighted by molar-refractivity contribution is -0.136. The van der Waals surface area contributed by atoms with Gasteiger partial charge >= 0.3 is 17.8 Å². The quantitative estimate of drug-likeness (QED) is 0.233. The largest absolute Gasteiger partial charge is 0.461 e. The fourth-order valence-corrected chi connectivity index (χ4v) is 1.81. The zero-order valence-electron chi connectivity index (χ0n) is 13.2. The van der Waals surface area contributed by atoms with Crippen LogP contribution in [-0.4, -0.2) is 41.0 Å². The molecule has 134 valence electrons. The Morgan fingerprint density at radius 2 is 1.92 bits per heavy atom. The maximum Gasteiger partial charge on any atom is 0.362 e. The highest BCUT2D eigenvalue weighted by Gasteiger charge is 2.19. The Balaban J connectivity index is 2.76. The van der Waals surface area contributed by atoms with E-state index >= 15 is 0 Å². The molecule has 1 aromatic rings. The molecule has 0 spiro atoms. The highest BCUT2D eigenvalue weighted by Crippen LogP contribution is 2.25. The van der Waals surface area contributed by atoms with Crippen molar-refractivity contribution in [2.45, 2.75) is 13.8 Å². The minimum atomic E-state index is -1.14. The van der Waals surface area contributed by atoms with Crippen LogP contribution in [0.1, 0.15) is 13.8 Å². The van der Waals surface area contributed by atoms with Gasteiger partial charge in [0.2, 0.25) is 5.71 Å². The lowest BCUT2D eigenvalue weighted by Crippen LogP contribution is -2.34. The predicted molar refractivity (Wildman–Crippen MR) is 92.2 cm³/mol. The number of nitrogens with zero attached hydrogens (tertiary/aromatic N) is 2. The number of benzene rings is 1. The third-order valence-electron chi connectivity index (χ3n) is 2.62. The van der Waals surface area contributed by atoms with E-state index in [9.17, 15) is 14.4 Å². The smallest absolute Gasteiger partial charge is 0.362 e. The van der Waals surface area contributed by atoms with E-state index in [1.165, 1.54) is 25.1 Å². The zero-order chi connectivity index (χ0) is 19.0. The first-order chi connectivity index (χ1) is 11.8. The molecule has 0 radical (unpaired) electrons. The average molecular weight is 389 g/mol. The molecule has 9 nitrogen and oxygen atoms in total. The molecule has 3 N–H and O–H groups in total. The highest BCUT2D eigenvalue weighted by atomic mass is 35.5. The number of hydrogen-bond acceptors (Lipinski definition) is 7. The van der Waals surface area contributed by atoms with Crippen LogP contribution in [0.4, 0.5) is 5.69 Å². The minimum Gasteiger partial charge on any atom is -0.461 e. The van der Waals surface area contributed by atoms with Crippen molar-refractivity contribution < 1.29 is 24.3 Å². The molecule has 0 unspecified atom stereocenters. The van der Waals surface area contributed by atoms with Crippen LogP contribution in [0.5, 0.6) is 0 Å². The highest BCUT2D eigenvalue weighted by molar-refractivity contribution is 6.65. The van der Waals surface area contributed by atoms with Gasteiger partial charge in [-0.25, -0.2) is 10.2 Å². The van der Waals surface area contributed by atoms with Gasteiger partial charge in [-0.2, -0.15) is 5.10 Å². The first kappa shape index (κ1) is 20.4. The second-order valence-electron chi connectivity index (χ2n) is 4.39. The summed E-state index contributed by atoms with van der Waals surface area (Å²) in [6, 6.07) is 4.32. The topological polar surface area (TPSA) is 129 Å². The summed E-state index contributed by atoms with van der Waals surface area (Å²) in [5.74, 6) is -3.15. The number of hydrazone groups is 1. The summed E-state index contributed by atoms with van der Waals surface area (Å²) in [6.45, 7) is 2.89. The van der Waals surface area contributed by atoms with E-state index < -0.39 is 23.5 Å². The summed E-state index contributed by atoms with van der Waals surface area (Å²) in [5, 5.41) is 17.8. The molecule has 1 aromatic carbocycles. The summed E-state index contributed by atoms with van der Waals surface area (Å²) in [4.78, 5) is 35.0. The Morgan fingerprint density at radius 1 is 1.24 bits per heavy atom. The van der Waals surface area contributed by atoms with Crippen molar-refractivity contribution in [1.82, 2.24) is 5.43 Å². The van der Waals surface area contributed by atoms with Crippen molar-refractivity contribution in [3.05, 3.63) is 28.2 Å². The van der Waals surface area contributed by atoms with Gasteiger partial charge in [-0.05, 0) is 32.0 Å². The Bertz CT molecular complexity index is 749. The molecule has 2 amide bonds. The summed E-state index contributed by atoms with van der Waals surface area (Å²) >= 11 is 11.6.